The van der Waals surface area contributed by atoms with Gasteiger partial charge in [0.25, 0.3) is 0 Å². The number of allylic oxidation sites excluding steroid dienone is 1. The Morgan fingerprint density at radius 1 is 0.938 bits per heavy atom. The van der Waals surface area contributed by atoms with Crippen molar-refractivity contribution in [2.75, 3.05) is 14.2 Å². The highest BCUT2D eigenvalue weighted by atomic mass is 16.5. The molecule has 0 spiro atoms. The molecule has 6 heteroatoms. The summed E-state index contributed by atoms with van der Waals surface area (Å²) < 4.78 is 22.2. The molecule has 1 heterocycles. The predicted octanol–water partition coefficient (Wildman–Crippen LogP) is 5.16. The molecule has 0 saturated carbocycles. The maximum Gasteiger partial charge on any atom is 0.343 e. The lowest BCUT2D eigenvalue weighted by molar-refractivity contribution is 0.0733. The van der Waals surface area contributed by atoms with E-state index in [2.05, 4.69) is 0 Å². The maximum atomic E-state index is 13.0. The minimum absolute atomic E-state index is 0.150. The zero-order valence-corrected chi connectivity index (χ0v) is 18.2. The van der Waals surface area contributed by atoms with E-state index >= 15 is 0 Å². The van der Waals surface area contributed by atoms with Crippen LogP contribution in [0.15, 0.2) is 60.4 Å². The van der Waals surface area contributed by atoms with Crippen LogP contribution in [-0.2, 0) is 0 Å². The van der Waals surface area contributed by atoms with E-state index in [1.807, 2.05) is 19.1 Å². The van der Waals surface area contributed by atoms with Crippen molar-refractivity contribution in [1.29, 1.82) is 0 Å². The van der Waals surface area contributed by atoms with E-state index in [9.17, 15) is 9.59 Å². The van der Waals surface area contributed by atoms with Crippen LogP contribution in [0.5, 0.6) is 23.0 Å². The van der Waals surface area contributed by atoms with Crippen LogP contribution < -0.4 is 18.9 Å². The lowest BCUT2D eigenvalue weighted by atomic mass is 10.0. The minimum Gasteiger partial charge on any atom is -0.493 e. The quantitative estimate of drug-likeness (QED) is 0.316. The van der Waals surface area contributed by atoms with Gasteiger partial charge in [0.15, 0.2) is 17.3 Å². The van der Waals surface area contributed by atoms with Crippen LogP contribution in [0.4, 0.5) is 0 Å². The summed E-state index contributed by atoms with van der Waals surface area (Å²) in [7, 11) is 3.08. The molecular weight excluding hydrogens is 408 g/mol. The minimum atomic E-state index is -0.469. The first-order valence-corrected chi connectivity index (χ1v) is 10.0. The third-order valence-corrected chi connectivity index (χ3v) is 5.24. The van der Waals surface area contributed by atoms with Crippen LogP contribution in [0.2, 0.25) is 0 Å². The lowest BCUT2D eigenvalue weighted by Crippen LogP contribution is -2.10. The van der Waals surface area contributed by atoms with Crippen molar-refractivity contribution < 1.29 is 28.5 Å². The topological polar surface area (TPSA) is 71.1 Å². The smallest absolute Gasteiger partial charge is 0.343 e. The number of methoxy groups -OCH3 is 2. The van der Waals surface area contributed by atoms with E-state index in [-0.39, 0.29) is 11.5 Å². The van der Waals surface area contributed by atoms with Gasteiger partial charge in [-0.05, 0) is 49.2 Å². The van der Waals surface area contributed by atoms with Gasteiger partial charge < -0.3 is 18.9 Å². The summed E-state index contributed by atoms with van der Waals surface area (Å²) in [4.78, 5) is 25.6. The Balaban J connectivity index is 1.65. The highest BCUT2D eigenvalue weighted by Crippen LogP contribution is 2.39. The number of para-hydroxylation sites is 1. The number of ketones is 1. The van der Waals surface area contributed by atoms with Gasteiger partial charge in [-0.3, -0.25) is 4.79 Å². The Hall–Kier alpha value is -4.06. The summed E-state index contributed by atoms with van der Waals surface area (Å²) in [5.41, 5.74) is 3.04. The van der Waals surface area contributed by atoms with E-state index in [4.69, 9.17) is 18.9 Å². The van der Waals surface area contributed by atoms with Crippen LogP contribution in [0.25, 0.3) is 6.08 Å². The molecule has 6 nitrogen and oxygen atoms in total. The van der Waals surface area contributed by atoms with Gasteiger partial charge >= 0.3 is 5.97 Å². The molecule has 3 aromatic carbocycles. The molecule has 0 amide bonds. The average Bonchev–Trinajstić information content (AvgIpc) is 3.09. The standard InChI is InChI=1S/C26H22O6/c1-15-8-5-6-10-19(15)26(28)31-18-12-16(2)23-21(14-18)32-22(24(23)27)13-17-9-7-11-20(29-3)25(17)30-4/h5-14H,1-4H3/b22-13-. The molecule has 0 N–H and O–H groups in total. The third kappa shape index (κ3) is 3.83. The summed E-state index contributed by atoms with van der Waals surface area (Å²) in [5, 5.41) is 0. The summed E-state index contributed by atoms with van der Waals surface area (Å²) in [6, 6.07) is 15.8. The zero-order valence-electron chi connectivity index (χ0n) is 18.2. The first-order chi connectivity index (χ1) is 15.4. The summed E-state index contributed by atoms with van der Waals surface area (Å²) in [6.07, 6.45) is 1.61. The number of carbonyl (C=O) groups is 2. The second-order valence-corrected chi connectivity index (χ2v) is 7.34. The van der Waals surface area contributed by atoms with Gasteiger partial charge in [0.05, 0.1) is 25.3 Å². The van der Waals surface area contributed by atoms with E-state index in [1.54, 1.807) is 62.6 Å². The lowest BCUT2D eigenvalue weighted by Gasteiger charge is -2.10. The predicted molar refractivity (Wildman–Crippen MR) is 120 cm³/mol. The molecule has 0 unspecified atom stereocenters. The van der Waals surface area contributed by atoms with Gasteiger partial charge in [-0.15, -0.1) is 0 Å². The number of fused-ring (bicyclic) bond motifs is 1. The van der Waals surface area contributed by atoms with Crippen LogP contribution in [0.1, 0.15) is 37.4 Å². The third-order valence-electron chi connectivity index (χ3n) is 5.24. The van der Waals surface area contributed by atoms with Crippen LogP contribution >= 0.6 is 0 Å². The number of hydrogen-bond donors (Lipinski definition) is 0. The van der Waals surface area contributed by atoms with Crippen LogP contribution in [0.3, 0.4) is 0 Å². The second kappa shape index (κ2) is 8.59. The Kier molecular flexibility index (Phi) is 5.69. The highest BCUT2D eigenvalue weighted by molar-refractivity contribution is 6.15. The molecule has 0 bridgehead atoms. The molecule has 0 aliphatic carbocycles. The van der Waals surface area contributed by atoms with Gasteiger partial charge in [-0.2, -0.15) is 0 Å². The van der Waals surface area contributed by atoms with E-state index in [0.29, 0.717) is 45.3 Å². The Morgan fingerprint density at radius 3 is 2.44 bits per heavy atom. The second-order valence-electron chi connectivity index (χ2n) is 7.34. The fourth-order valence-electron chi connectivity index (χ4n) is 3.67. The summed E-state index contributed by atoms with van der Waals surface area (Å²) in [5.74, 6) is 1.13. The fraction of sp³-hybridized carbons (Fsp3) is 0.154. The van der Waals surface area contributed by atoms with Crippen LogP contribution in [0, 0.1) is 13.8 Å². The molecule has 0 radical (unpaired) electrons. The first kappa shape index (κ1) is 21.2. The van der Waals surface area contributed by atoms with Gasteiger partial charge in [0.2, 0.25) is 5.78 Å². The average molecular weight is 430 g/mol. The number of benzene rings is 3. The van der Waals surface area contributed by atoms with Crippen molar-refractivity contribution in [2.24, 2.45) is 0 Å². The number of carbonyl (C=O) groups excluding carboxylic acids is 2. The van der Waals surface area contributed by atoms with Crippen molar-refractivity contribution in [3.63, 3.8) is 0 Å². The van der Waals surface area contributed by atoms with E-state index in [0.717, 1.165) is 5.56 Å². The van der Waals surface area contributed by atoms with Crippen molar-refractivity contribution >= 4 is 17.8 Å². The molecule has 162 valence electrons. The van der Waals surface area contributed by atoms with Crippen molar-refractivity contribution in [3.8, 4) is 23.0 Å². The number of Topliss-reactive ketones (excluding diaryl/α,β-unsaturated/α-hetero) is 1. The molecule has 0 atom stereocenters. The molecule has 1 aliphatic rings. The van der Waals surface area contributed by atoms with Gasteiger partial charge in [0.1, 0.15) is 11.5 Å². The molecule has 0 fully saturated rings. The first-order valence-electron chi connectivity index (χ1n) is 10.0. The zero-order chi connectivity index (χ0) is 22.8. The monoisotopic (exact) mass is 430 g/mol. The molecular formula is C26H22O6. The Labute approximate surface area is 186 Å². The number of esters is 1. The highest BCUT2D eigenvalue weighted by Gasteiger charge is 2.31. The molecule has 3 aromatic rings. The summed E-state index contributed by atoms with van der Waals surface area (Å²) >= 11 is 0. The van der Waals surface area contributed by atoms with Crippen molar-refractivity contribution in [1.82, 2.24) is 0 Å². The molecule has 0 aromatic heterocycles. The fourth-order valence-corrected chi connectivity index (χ4v) is 3.67. The largest absolute Gasteiger partial charge is 0.493 e. The van der Waals surface area contributed by atoms with Crippen molar-refractivity contribution in [2.45, 2.75) is 13.8 Å². The van der Waals surface area contributed by atoms with E-state index in [1.165, 1.54) is 7.11 Å². The molecule has 32 heavy (non-hydrogen) atoms. The number of rotatable bonds is 5. The molecule has 0 saturated heterocycles. The summed E-state index contributed by atoms with van der Waals surface area (Å²) in [6.45, 7) is 3.62. The molecule has 4 rings (SSSR count). The Bertz CT molecular complexity index is 1260. The molecule has 1 aliphatic heterocycles. The normalized spacial score (nSPS) is 13.5. The SMILES string of the molecule is COc1cccc(/C=C2\Oc3cc(OC(=O)c4ccccc4C)cc(C)c3C2=O)c1OC. The van der Waals surface area contributed by atoms with Gasteiger partial charge in [0, 0.05) is 11.6 Å². The number of ether oxygens (including phenoxy) is 4. The van der Waals surface area contributed by atoms with Gasteiger partial charge in [-0.1, -0.05) is 30.3 Å². The maximum absolute atomic E-state index is 13.0. The van der Waals surface area contributed by atoms with Crippen LogP contribution in [-0.4, -0.2) is 26.0 Å². The number of aryl methyl sites for hydroxylation is 2. The Morgan fingerprint density at radius 2 is 1.72 bits per heavy atom. The van der Waals surface area contributed by atoms with E-state index < -0.39 is 5.97 Å². The van der Waals surface area contributed by atoms with Crippen molar-refractivity contribution in [3.05, 3.63) is 88.2 Å². The number of hydrogen-bond acceptors (Lipinski definition) is 6. The van der Waals surface area contributed by atoms with Gasteiger partial charge in [-0.25, -0.2) is 4.79 Å².